The molecule has 18 heavy (non-hydrogen) atoms. The molecular formula is C15H28N2O. The Hall–Kier alpha value is -0.830. The predicted molar refractivity (Wildman–Crippen MR) is 75.6 cm³/mol. The fourth-order valence-corrected chi connectivity index (χ4v) is 2.16. The summed E-state index contributed by atoms with van der Waals surface area (Å²) >= 11 is 0. The molecule has 0 aromatic carbocycles. The number of aryl methyl sites for hydroxylation is 1. The zero-order valence-corrected chi connectivity index (χ0v) is 12.4. The van der Waals surface area contributed by atoms with Crippen LogP contribution in [0.15, 0.2) is 18.7 Å². The van der Waals surface area contributed by atoms with Gasteiger partial charge in [-0.25, -0.2) is 4.98 Å². The van der Waals surface area contributed by atoms with E-state index in [9.17, 15) is 0 Å². The molecule has 1 aromatic heterocycles. The van der Waals surface area contributed by atoms with Crippen LogP contribution in [-0.2, 0) is 11.3 Å². The van der Waals surface area contributed by atoms with Crippen LogP contribution in [0, 0.1) is 5.41 Å². The summed E-state index contributed by atoms with van der Waals surface area (Å²) in [5.41, 5.74) is 0.440. The van der Waals surface area contributed by atoms with Crippen LogP contribution < -0.4 is 0 Å². The maximum atomic E-state index is 5.56. The van der Waals surface area contributed by atoms with Crippen LogP contribution in [-0.4, -0.2) is 22.8 Å². The van der Waals surface area contributed by atoms with Gasteiger partial charge in [0.05, 0.1) is 12.4 Å². The summed E-state index contributed by atoms with van der Waals surface area (Å²) in [7, 11) is 1.83. The topological polar surface area (TPSA) is 27.1 Å². The van der Waals surface area contributed by atoms with Gasteiger partial charge in [0.2, 0.25) is 0 Å². The van der Waals surface area contributed by atoms with E-state index in [-0.39, 0.29) is 0 Å². The fraction of sp³-hybridized carbons (Fsp3) is 0.800. The van der Waals surface area contributed by atoms with Gasteiger partial charge in [-0.3, -0.25) is 0 Å². The van der Waals surface area contributed by atoms with Crippen molar-refractivity contribution in [3.8, 4) is 0 Å². The van der Waals surface area contributed by atoms with E-state index in [0.29, 0.717) is 11.5 Å². The lowest BCUT2D eigenvalue weighted by molar-refractivity contribution is 0.0805. The molecule has 0 bridgehead atoms. The minimum Gasteiger partial charge on any atom is -0.381 e. The average molecular weight is 252 g/mol. The summed E-state index contributed by atoms with van der Waals surface area (Å²) < 4.78 is 7.69. The van der Waals surface area contributed by atoms with E-state index in [1.807, 2.05) is 25.8 Å². The number of rotatable bonds is 8. The number of ether oxygens (including phenoxy) is 1. The van der Waals surface area contributed by atoms with Crippen LogP contribution in [0.25, 0.3) is 0 Å². The SMILES string of the molecule is CO[C@@H](CCCn1ccnc1)CCCC(C)(C)C. The smallest absolute Gasteiger partial charge is 0.0945 e. The second-order valence-corrected chi connectivity index (χ2v) is 6.25. The average Bonchev–Trinajstić information content (AvgIpc) is 2.78. The van der Waals surface area contributed by atoms with E-state index in [1.165, 1.54) is 19.3 Å². The van der Waals surface area contributed by atoms with E-state index in [0.717, 1.165) is 19.4 Å². The third kappa shape index (κ3) is 6.80. The van der Waals surface area contributed by atoms with E-state index >= 15 is 0 Å². The molecule has 1 heterocycles. The Labute approximate surface area is 112 Å². The third-order valence-electron chi connectivity index (χ3n) is 3.29. The summed E-state index contributed by atoms with van der Waals surface area (Å²) in [4.78, 5) is 4.05. The van der Waals surface area contributed by atoms with Crippen molar-refractivity contribution in [3.63, 3.8) is 0 Å². The Morgan fingerprint density at radius 3 is 2.50 bits per heavy atom. The monoisotopic (exact) mass is 252 g/mol. The minimum absolute atomic E-state index is 0.413. The van der Waals surface area contributed by atoms with Gasteiger partial charge in [-0.2, -0.15) is 0 Å². The van der Waals surface area contributed by atoms with Gasteiger partial charge in [-0.1, -0.05) is 27.2 Å². The van der Waals surface area contributed by atoms with Crippen molar-refractivity contribution in [2.24, 2.45) is 5.41 Å². The molecule has 0 aliphatic carbocycles. The normalized spacial score (nSPS) is 13.8. The molecule has 0 amide bonds. The lowest BCUT2D eigenvalue weighted by Crippen LogP contribution is -2.13. The predicted octanol–water partition coefficient (Wildman–Crippen LogP) is 3.89. The summed E-state index contributed by atoms with van der Waals surface area (Å²) in [6.45, 7) is 7.94. The van der Waals surface area contributed by atoms with Gasteiger partial charge < -0.3 is 9.30 Å². The number of methoxy groups -OCH3 is 1. The van der Waals surface area contributed by atoms with Crippen molar-refractivity contribution in [2.75, 3.05) is 7.11 Å². The van der Waals surface area contributed by atoms with Gasteiger partial charge in [-0.15, -0.1) is 0 Å². The first-order chi connectivity index (χ1) is 8.51. The van der Waals surface area contributed by atoms with E-state index < -0.39 is 0 Å². The lowest BCUT2D eigenvalue weighted by atomic mass is 9.89. The molecule has 0 N–H and O–H groups in total. The highest BCUT2D eigenvalue weighted by Gasteiger charge is 2.12. The lowest BCUT2D eigenvalue weighted by Gasteiger charge is -2.20. The number of aromatic nitrogens is 2. The van der Waals surface area contributed by atoms with E-state index in [1.54, 1.807) is 0 Å². The number of hydrogen-bond acceptors (Lipinski definition) is 2. The first-order valence-electron chi connectivity index (χ1n) is 7.00. The van der Waals surface area contributed by atoms with Crippen molar-refractivity contribution >= 4 is 0 Å². The summed E-state index contributed by atoms with van der Waals surface area (Å²) in [6.07, 6.45) is 12.1. The van der Waals surface area contributed by atoms with Gasteiger partial charge in [0.25, 0.3) is 0 Å². The van der Waals surface area contributed by atoms with E-state index in [2.05, 4.69) is 30.3 Å². The number of imidazole rings is 1. The Morgan fingerprint density at radius 2 is 1.94 bits per heavy atom. The standard InChI is InChI=1S/C15H28N2O/c1-15(2,3)9-5-7-14(18-4)8-6-11-17-12-10-16-13-17/h10,12-14H,5-9,11H2,1-4H3/t14-/m1/s1. The molecule has 104 valence electrons. The molecule has 3 heteroatoms. The molecule has 0 aliphatic rings. The Bertz CT molecular complexity index is 301. The maximum Gasteiger partial charge on any atom is 0.0945 e. The Balaban J connectivity index is 2.13. The second kappa shape index (κ2) is 7.57. The number of hydrogen-bond donors (Lipinski definition) is 0. The molecule has 0 radical (unpaired) electrons. The number of nitrogens with zero attached hydrogens (tertiary/aromatic N) is 2. The molecular weight excluding hydrogens is 224 g/mol. The van der Waals surface area contributed by atoms with Crippen molar-refractivity contribution in [3.05, 3.63) is 18.7 Å². The second-order valence-electron chi connectivity index (χ2n) is 6.25. The fourth-order valence-electron chi connectivity index (χ4n) is 2.16. The molecule has 0 saturated carbocycles. The van der Waals surface area contributed by atoms with Crippen molar-refractivity contribution < 1.29 is 4.74 Å². The van der Waals surface area contributed by atoms with Crippen LogP contribution in [0.2, 0.25) is 0 Å². The van der Waals surface area contributed by atoms with Gasteiger partial charge in [0.15, 0.2) is 0 Å². The molecule has 1 aromatic rings. The van der Waals surface area contributed by atoms with Crippen LogP contribution >= 0.6 is 0 Å². The summed E-state index contributed by atoms with van der Waals surface area (Å²) in [5, 5.41) is 0. The highest BCUT2D eigenvalue weighted by atomic mass is 16.5. The van der Waals surface area contributed by atoms with Gasteiger partial charge >= 0.3 is 0 Å². The Morgan fingerprint density at radius 1 is 1.22 bits per heavy atom. The zero-order chi connectivity index (χ0) is 13.4. The molecule has 0 aliphatic heterocycles. The van der Waals surface area contributed by atoms with Gasteiger partial charge in [0.1, 0.15) is 0 Å². The quantitative estimate of drug-likeness (QED) is 0.701. The summed E-state index contributed by atoms with van der Waals surface area (Å²) in [6, 6.07) is 0. The molecule has 0 unspecified atom stereocenters. The van der Waals surface area contributed by atoms with Crippen LogP contribution in [0.4, 0.5) is 0 Å². The zero-order valence-electron chi connectivity index (χ0n) is 12.4. The molecule has 0 spiro atoms. The molecule has 1 rings (SSSR count). The van der Waals surface area contributed by atoms with Crippen molar-refractivity contribution in [1.82, 2.24) is 9.55 Å². The highest BCUT2D eigenvalue weighted by Crippen LogP contribution is 2.23. The summed E-state index contributed by atoms with van der Waals surface area (Å²) in [5.74, 6) is 0. The van der Waals surface area contributed by atoms with Gasteiger partial charge in [-0.05, 0) is 31.1 Å². The maximum absolute atomic E-state index is 5.56. The van der Waals surface area contributed by atoms with Crippen LogP contribution in [0.1, 0.15) is 52.9 Å². The van der Waals surface area contributed by atoms with Crippen LogP contribution in [0.3, 0.4) is 0 Å². The molecule has 0 saturated heterocycles. The van der Waals surface area contributed by atoms with Gasteiger partial charge in [0, 0.05) is 26.0 Å². The molecule has 3 nitrogen and oxygen atoms in total. The highest BCUT2D eigenvalue weighted by molar-refractivity contribution is 4.74. The third-order valence-corrected chi connectivity index (χ3v) is 3.29. The molecule has 0 fully saturated rings. The first kappa shape index (κ1) is 15.2. The minimum atomic E-state index is 0.413. The van der Waals surface area contributed by atoms with Crippen molar-refractivity contribution in [2.45, 2.75) is 65.5 Å². The van der Waals surface area contributed by atoms with E-state index in [4.69, 9.17) is 4.74 Å². The Kier molecular flexibility index (Phi) is 6.41. The largest absolute Gasteiger partial charge is 0.381 e. The van der Waals surface area contributed by atoms with Crippen molar-refractivity contribution in [1.29, 1.82) is 0 Å². The first-order valence-corrected chi connectivity index (χ1v) is 7.00. The molecule has 1 atom stereocenters. The van der Waals surface area contributed by atoms with Crippen LogP contribution in [0.5, 0.6) is 0 Å².